The molecule has 2 heterocycles. The van der Waals surface area contributed by atoms with E-state index in [2.05, 4.69) is 4.90 Å². The van der Waals surface area contributed by atoms with Gasteiger partial charge >= 0.3 is 0 Å². The van der Waals surface area contributed by atoms with Crippen LogP contribution in [-0.4, -0.2) is 62.3 Å². The molecule has 5 rings (SSSR count). The highest BCUT2D eigenvalue weighted by molar-refractivity contribution is 7.89. The van der Waals surface area contributed by atoms with Crippen molar-refractivity contribution in [2.24, 2.45) is 5.92 Å². The van der Waals surface area contributed by atoms with E-state index < -0.39 is 10.0 Å². The minimum absolute atomic E-state index is 0.0465. The predicted octanol–water partition coefficient (Wildman–Crippen LogP) is 4.13. The summed E-state index contributed by atoms with van der Waals surface area (Å²) in [6.45, 7) is 2.49. The Hall–Kier alpha value is -2.45. The first-order valence-corrected chi connectivity index (χ1v) is 13.8. The summed E-state index contributed by atoms with van der Waals surface area (Å²) in [7, 11) is -3.71. The molecule has 0 N–H and O–H groups in total. The van der Waals surface area contributed by atoms with E-state index in [-0.39, 0.29) is 22.7 Å². The number of benzene rings is 2. The van der Waals surface area contributed by atoms with Gasteiger partial charge in [0.25, 0.3) is 5.91 Å². The Morgan fingerprint density at radius 3 is 2.32 bits per heavy atom. The van der Waals surface area contributed by atoms with E-state index in [9.17, 15) is 17.6 Å². The maximum Gasteiger partial charge on any atom is 0.254 e. The van der Waals surface area contributed by atoms with Gasteiger partial charge in [0.2, 0.25) is 10.0 Å². The molecule has 0 spiro atoms. The van der Waals surface area contributed by atoms with Crippen LogP contribution in [0.1, 0.15) is 48.9 Å². The second-order valence-electron chi connectivity index (χ2n) is 9.65. The molecule has 3 aliphatic rings. The van der Waals surface area contributed by atoms with E-state index in [0.717, 1.165) is 31.5 Å². The lowest BCUT2D eigenvalue weighted by Gasteiger charge is -2.44. The number of carbonyl (C=O) groups excluding carboxylic acids is 1. The van der Waals surface area contributed by atoms with Crippen molar-refractivity contribution in [1.82, 2.24) is 9.21 Å². The van der Waals surface area contributed by atoms with Crippen molar-refractivity contribution in [3.63, 3.8) is 0 Å². The molecule has 0 bridgehead atoms. The smallest absolute Gasteiger partial charge is 0.254 e. The highest BCUT2D eigenvalue weighted by atomic mass is 32.2. The van der Waals surface area contributed by atoms with E-state index in [4.69, 9.17) is 0 Å². The molecule has 34 heavy (non-hydrogen) atoms. The molecular weight excluding hydrogens is 453 g/mol. The molecule has 2 aliphatic heterocycles. The highest BCUT2D eigenvalue weighted by Crippen LogP contribution is 2.36. The van der Waals surface area contributed by atoms with Crippen molar-refractivity contribution in [2.75, 3.05) is 37.6 Å². The molecule has 182 valence electrons. The van der Waals surface area contributed by atoms with Crippen molar-refractivity contribution < 1.29 is 17.6 Å². The topological polar surface area (TPSA) is 60.9 Å². The molecule has 1 aliphatic carbocycles. The van der Waals surface area contributed by atoms with Gasteiger partial charge in [-0.15, -0.1) is 0 Å². The lowest BCUT2D eigenvalue weighted by atomic mass is 9.78. The van der Waals surface area contributed by atoms with Gasteiger partial charge in [-0.05, 0) is 74.1 Å². The van der Waals surface area contributed by atoms with E-state index >= 15 is 0 Å². The van der Waals surface area contributed by atoms with Crippen LogP contribution in [0, 0.1) is 11.7 Å². The molecule has 0 radical (unpaired) electrons. The number of halogens is 1. The average molecular weight is 486 g/mol. The van der Waals surface area contributed by atoms with Crippen molar-refractivity contribution >= 4 is 21.6 Å². The van der Waals surface area contributed by atoms with Gasteiger partial charge in [-0.1, -0.05) is 18.9 Å². The number of piperidine rings is 1. The van der Waals surface area contributed by atoms with Crippen molar-refractivity contribution in [2.45, 2.75) is 49.5 Å². The van der Waals surface area contributed by atoms with Crippen LogP contribution in [0.15, 0.2) is 53.4 Å². The number of likely N-dealkylation sites (tertiary alicyclic amines) is 1. The van der Waals surface area contributed by atoms with Crippen LogP contribution in [0.5, 0.6) is 0 Å². The van der Waals surface area contributed by atoms with Crippen LogP contribution in [0.4, 0.5) is 10.1 Å². The summed E-state index contributed by atoms with van der Waals surface area (Å²) < 4.78 is 41.5. The second kappa shape index (κ2) is 9.66. The molecule has 0 aromatic heterocycles. The monoisotopic (exact) mass is 485 g/mol. The number of hydrogen-bond acceptors (Lipinski definition) is 4. The summed E-state index contributed by atoms with van der Waals surface area (Å²) in [5, 5.41) is 0. The van der Waals surface area contributed by atoms with Crippen LogP contribution < -0.4 is 4.90 Å². The summed E-state index contributed by atoms with van der Waals surface area (Å²) in [6, 6.07) is 13.1. The molecule has 2 saturated heterocycles. The molecule has 2 aromatic carbocycles. The Kier molecular flexibility index (Phi) is 6.62. The molecule has 2 atom stereocenters. The normalized spacial score (nSPS) is 24.0. The van der Waals surface area contributed by atoms with Crippen molar-refractivity contribution in [1.29, 1.82) is 0 Å². The van der Waals surface area contributed by atoms with Gasteiger partial charge in [0.1, 0.15) is 5.82 Å². The first-order valence-electron chi connectivity index (χ1n) is 12.4. The lowest BCUT2D eigenvalue weighted by Crippen LogP contribution is -2.49. The van der Waals surface area contributed by atoms with Crippen LogP contribution in [0.2, 0.25) is 0 Å². The number of rotatable bonds is 4. The minimum Gasteiger partial charge on any atom is -0.369 e. The third-order valence-corrected chi connectivity index (χ3v) is 9.55. The molecule has 1 saturated carbocycles. The van der Waals surface area contributed by atoms with Crippen molar-refractivity contribution in [3.05, 3.63) is 59.9 Å². The molecule has 8 heteroatoms. The second-order valence-corrected chi connectivity index (χ2v) is 11.6. The zero-order valence-corrected chi connectivity index (χ0v) is 20.2. The molecule has 2 aromatic rings. The quantitative estimate of drug-likeness (QED) is 0.653. The van der Waals surface area contributed by atoms with Crippen LogP contribution >= 0.6 is 0 Å². The largest absolute Gasteiger partial charge is 0.369 e. The number of carbonyl (C=O) groups is 1. The third kappa shape index (κ3) is 4.58. The third-order valence-electron chi connectivity index (χ3n) is 7.65. The zero-order valence-electron chi connectivity index (χ0n) is 19.4. The van der Waals surface area contributed by atoms with E-state index in [1.54, 1.807) is 36.4 Å². The maximum absolute atomic E-state index is 13.4. The number of nitrogens with zero attached hydrogens (tertiary/aromatic N) is 3. The van der Waals surface area contributed by atoms with E-state index in [0.29, 0.717) is 37.7 Å². The fraction of sp³-hybridized carbons (Fsp3) is 0.500. The summed E-state index contributed by atoms with van der Waals surface area (Å²) >= 11 is 0. The standard InChI is InChI=1S/C26H32FN3O3S/c27-22-10-12-23(13-11-22)28-15-17-29(18-16-28)34(32,33)24-8-3-6-21(19-24)26(31)30-14-4-7-20-5-1-2-9-25(20)30/h3,6,8,10-13,19-20,25H,1-2,4-5,7,9,14-18H2/t20-,25-/m0/s1. The van der Waals surface area contributed by atoms with Gasteiger partial charge in [0.15, 0.2) is 0 Å². The number of hydrogen-bond donors (Lipinski definition) is 0. The number of anilines is 1. The summed E-state index contributed by atoms with van der Waals surface area (Å²) in [6.07, 6.45) is 6.84. The summed E-state index contributed by atoms with van der Waals surface area (Å²) in [5.74, 6) is 0.244. The van der Waals surface area contributed by atoms with Gasteiger partial charge in [0.05, 0.1) is 4.90 Å². The Balaban J connectivity index is 1.29. The predicted molar refractivity (Wildman–Crippen MR) is 130 cm³/mol. The molecule has 0 unspecified atom stereocenters. The fourth-order valence-corrected chi connectivity index (χ4v) is 7.29. The van der Waals surface area contributed by atoms with Gasteiger partial charge in [-0.25, -0.2) is 12.8 Å². The van der Waals surface area contributed by atoms with Crippen molar-refractivity contribution in [3.8, 4) is 0 Å². The summed E-state index contributed by atoms with van der Waals surface area (Å²) in [5.41, 5.74) is 1.34. The number of piperazine rings is 1. The first kappa shape index (κ1) is 23.3. The minimum atomic E-state index is -3.71. The Morgan fingerprint density at radius 1 is 0.853 bits per heavy atom. The number of amides is 1. The number of sulfonamides is 1. The first-order chi connectivity index (χ1) is 16.4. The Morgan fingerprint density at radius 2 is 1.56 bits per heavy atom. The van der Waals surface area contributed by atoms with Gasteiger partial charge in [-0.2, -0.15) is 4.31 Å². The summed E-state index contributed by atoms with van der Waals surface area (Å²) in [4.78, 5) is 17.6. The van der Waals surface area contributed by atoms with Gasteiger partial charge < -0.3 is 9.80 Å². The maximum atomic E-state index is 13.4. The SMILES string of the molecule is O=C(c1cccc(S(=O)(=O)N2CCN(c3ccc(F)cc3)CC2)c1)N1CCC[C@@H]2CCCC[C@@H]21. The zero-order chi connectivity index (χ0) is 23.7. The molecular formula is C26H32FN3O3S. The highest BCUT2D eigenvalue weighted by Gasteiger charge is 2.36. The van der Waals surface area contributed by atoms with E-state index in [1.165, 1.54) is 35.7 Å². The molecule has 1 amide bonds. The molecule has 3 fully saturated rings. The number of fused-ring (bicyclic) bond motifs is 1. The van der Waals surface area contributed by atoms with Gasteiger partial charge in [-0.3, -0.25) is 4.79 Å². The lowest BCUT2D eigenvalue weighted by molar-refractivity contribution is 0.0390. The van der Waals surface area contributed by atoms with Crippen LogP contribution in [0.3, 0.4) is 0 Å². The molecule has 6 nitrogen and oxygen atoms in total. The fourth-order valence-electron chi connectivity index (χ4n) is 5.82. The van der Waals surface area contributed by atoms with Crippen LogP contribution in [0.25, 0.3) is 0 Å². The van der Waals surface area contributed by atoms with E-state index in [1.807, 2.05) is 4.90 Å². The Bertz CT molecular complexity index is 1130. The van der Waals surface area contributed by atoms with Crippen LogP contribution in [-0.2, 0) is 10.0 Å². The Labute approximate surface area is 201 Å². The van der Waals surface area contributed by atoms with Gasteiger partial charge in [0, 0.05) is 50.0 Å². The average Bonchev–Trinajstić information content (AvgIpc) is 2.88.